The average Bonchev–Trinajstić information content (AvgIpc) is 3.34. The Morgan fingerprint density at radius 1 is 1.34 bits per heavy atom. The summed E-state index contributed by atoms with van der Waals surface area (Å²) in [5.41, 5.74) is 1.07. The van der Waals surface area contributed by atoms with E-state index in [0.29, 0.717) is 16.1 Å². The van der Waals surface area contributed by atoms with Gasteiger partial charge in [-0.2, -0.15) is 16.6 Å². The number of nitriles is 1. The van der Waals surface area contributed by atoms with E-state index < -0.39 is 29.9 Å². The molecule has 3 heterocycles. The van der Waals surface area contributed by atoms with Gasteiger partial charge in [0.15, 0.2) is 0 Å². The largest absolute Gasteiger partial charge is 0.325 e. The topological polar surface area (TPSA) is 102 Å². The molecule has 1 aliphatic heterocycles. The van der Waals surface area contributed by atoms with Crippen molar-refractivity contribution in [3.8, 4) is 6.07 Å². The first-order chi connectivity index (χ1) is 13.9. The first kappa shape index (κ1) is 19.6. The smallest absolute Gasteiger partial charge is 0.319 e. The SMILES string of the molecule is CC1(c2ccsc2)NC(=O)N(CC(=O)Nc2sc3c(c2C#N)CCCCC3)C1=O. The molecule has 0 saturated carbocycles. The molecular formula is C20H20N4O3S2. The van der Waals surface area contributed by atoms with Gasteiger partial charge in [0.05, 0.1) is 5.56 Å². The van der Waals surface area contributed by atoms with E-state index in [1.807, 2.05) is 5.38 Å². The Morgan fingerprint density at radius 2 is 2.14 bits per heavy atom. The maximum Gasteiger partial charge on any atom is 0.325 e. The monoisotopic (exact) mass is 428 g/mol. The Balaban J connectivity index is 1.50. The van der Waals surface area contributed by atoms with Crippen LogP contribution in [0.25, 0.3) is 0 Å². The molecule has 1 aliphatic carbocycles. The summed E-state index contributed by atoms with van der Waals surface area (Å²) < 4.78 is 0. The lowest BCUT2D eigenvalue weighted by molar-refractivity contribution is -0.133. The van der Waals surface area contributed by atoms with Crippen LogP contribution in [0.15, 0.2) is 16.8 Å². The van der Waals surface area contributed by atoms with Gasteiger partial charge in [0.1, 0.15) is 23.2 Å². The van der Waals surface area contributed by atoms with Crippen molar-refractivity contribution < 1.29 is 14.4 Å². The number of carbonyl (C=O) groups is 3. The minimum atomic E-state index is -1.17. The number of nitrogens with one attached hydrogen (secondary N) is 2. The van der Waals surface area contributed by atoms with Crippen molar-refractivity contribution in [1.29, 1.82) is 5.26 Å². The summed E-state index contributed by atoms with van der Waals surface area (Å²) in [6.45, 7) is 1.25. The standard InChI is InChI=1S/C20H20N4O3S2/c1-20(12-7-8-28-11-12)18(26)24(19(27)23-20)10-16(25)22-17-14(9-21)13-5-3-2-4-6-15(13)29-17/h7-8,11H,2-6,10H2,1H3,(H,22,25)(H,23,27). The van der Waals surface area contributed by atoms with Crippen molar-refractivity contribution >= 4 is 45.5 Å². The van der Waals surface area contributed by atoms with Gasteiger partial charge in [0.25, 0.3) is 5.91 Å². The summed E-state index contributed by atoms with van der Waals surface area (Å²) in [5.74, 6) is -0.950. The third-order valence-electron chi connectivity index (χ3n) is 5.46. The number of hydrogen-bond acceptors (Lipinski definition) is 6. The predicted octanol–water partition coefficient (Wildman–Crippen LogP) is 3.36. The van der Waals surface area contributed by atoms with Crippen molar-refractivity contribution in [1.82, 2.24) is 10.2 Å². The maximum atomic E-state index is 12.9. The minimum absolute atomic E-state index is 0.391. The Bertz CT molecular complexity index is 1020. The van der Waals surface area contributed by atoms with Crippen LogP contribution in [0.5, 0.6) is 0 Å². The van der Waals surface area contributed by atoms with Crippen LogP contribution in [0.2, 0.25) is 0 Å². The van der Waals surface area contributed by atoms with Crippen LogP contribution in [0.1, 0.15) is 47.8 Å². The number of amides is 4. The van der Waals surface area contributed by atoms with Gasteiger partial charge in [-0.05, 0) is 60.6 Å². The first-order valence-corrected chi connectivity index (χ1v) is 11.2. The molecule has 0 radical (unpaired) electrons. The molecule has 0 aromatic carbocycles. The van der Waals surface area contributed by atoms with Crippen molar-refractivity contribution in [3.05, 3.63) is 38.4 Å². The molecule has 29 heavy (non-hydrogen) atoms. The quantitative estimate of drug-likeness (QED) is 0.576. The summed E-state index contributed by atoms with van der Waals surface area (Å²) in [5, 5.41) is 19.2. The Labute approximate surface area is 176 Å². The molecule has 0 bridgehead atoms. The number of thiophene rings is 2. The lowest BCUT2D eigenvalue weighted by Gasteiger charge is -2.20. The van der Waals surface area contributed by atoms with E-state index in [9.17, 15) is 19.6 Å². The molecule has 1 saturated heterocycles. The predicted molar refractivity (Wildman–Crippen MR) is 111 cm³/mol. The minimum Gasteiger partial charge on any atom is -0.319 e. The maximum absolute atomic E-state index is 12.9. The highest BCUT2D eigenvalue weighted by Crippen LogP contribution is 2.37. The number of hydrogen-bond donors (Lipinski definition) is 2. The van der Waals surface area contributed by atoms with E-state index >= 15 is 0 Å². The van der Waals surface area contributed by atoms with Gasteiger partial charge >= 0.3 is 6.03 Å². The van der Waals surface area contributed by atoms with E-state index in [1.54, 1.807) is 18.4 Å². The molecule has 4 rings (SSSR count). The zero-order valence-corrected chi connectivity index (χ0v) is 17.5. The van der Waals surface area contributed by atoms with E-state index in [-0.39, 0.29) is 0 Å². The van der Waals surface area contributed by atoms with E-state index in [0.717, 1.165) is 47.4 Å². The van der Waals surface area contributed by atoms with E-state index in [2.05, 4.69) is 16.7 Å². The van der Waals surface area contributed by atoms with Gasteiger partial charge in [-0.1, -0.05) is 6.42 Å². The molecule has 2 aliphatic rings. The molecule has 0 spiro atoms. The van der Waals surface area contributed by atoms with E-state index in [1.165, 1.54) is 22.7 Å². The third-order valence-corrected chi connectivity index (χ3v) is 7.35. The number of anilines is 1. The number of carbonyl (C=O) groups excluding carboxylic acids is 3. The molecule has 2 N–H and O–H groups in total. The lowest BCUT2D eigenvalue weighted by atomic mass is 9.95. The second kappa shape index (κ2) is 7.61. The zero-order chi connectivity index (χ0) is 20.6. The number of rotatable bonds is 4. The Kier molecular flexibility index (Phi) is 5.15. The summed E-state index contributed by atoms with van der Waals surface area (Å²) in [4.78, 5) is 39.9. The molecule has 1 atom stereocenters. The highest BCUT2D eigenvalue weighted by Gasteiger charge is 2.49. The fourth-order valence-corrected chi connectivity index (χ4v) is 5.86. The van der Waals surface area contributed by atoms with Crippen molar-refractivity contribution in [3.63, 3.8) is 0 Å². The van der Waals surface area contributed by atoms with Crippen LogP contribution in [0.4, 0.5) is 9.80 Å². The summed E-state index contributed by atoms with van der Waals surface area (Å²) in [7, 11) is 0. The van der Waals surface area contributed by atoms with Crippen molar-refractivity contribution in [2.75, 3.05) is 11.9 Å². The second-order valence-corrected chi connectivity index (χ2v) is 9.27. The Hall–Kier alpha value is -2.70. The fourth-order valence-electron chi connectivity index (χ4n) is 3.84. The van der Waals surface area contributed by atoms with E-state index in [4.69, 9.17) is 0 Å². The molecule has 1 fully saturated rings. The molecule has 2 aromatic rings. The second-order valence-electron chi connectivity index (χ2n) is 7.39. The van der Waals surface area contributed by atoms with Gasteiger partial charge < -0.3 is 10.6 Å². The van der Waals surface area contributed by atoms with Crippen molar-refractivity contribution in [2.24, 2.45) is 0 Å². The highest BCUT2D eigenvalue weighted by atomic mass is 32.1. The molecule has 150 valence electrons. The van der Waals surface area contributed by atoms with Crippen LogP contribution >= 0.6 is 22.7 Å². The molecular weight excluding hydrogens is 408 g/mol. The molecule has 7 nitrogen and oxygen atoms in total. The van der Waals surface area contributed by atoms with Gasteiger partial charge in [-0.15, -0.1) is 11.3 Å². The van der Waals surface area contributed by atoms with Crippen LogP contribution < -0.4 is 10.6 Å². The number of aryl methyl sites for hydroxylation is 1. The van der Waals surface area contributed by atoms with Gasteiger partial charge in [-0.25, -0.2) is 4.79 Å². The summed E-state index contributed by atoms with van der Waals surface area (Å²) >= 11 is 2.86. The third kappa shape index (κ3) is 3.43. The van der Waals surface area contributed by atoms with Crippen LogP contribution in [-0.4, -0.2) is 29.3 Å². The van der Waals surface area contributed by atoms with Crippen LogP contribution in [0, 0.1) is 11.3 Å². The number of imide groups is 1. The normalized spacial score (nSPS) is 21.3. The first-order valence-electron chi connectivity index (χ1n) is 9.45. The number of nitrogens with zero attached hydrogens (tertiary/aromatic N) is 2. The fraction of sp³-hybridized carbons (Fsp3) is 0.400. The highest BCUT2D eigenvalue weighted by molar-refractivity contribution is 7.16. The van der Waals surface area contributed by atoms with Crippen LogP contribution in [0.3, 0.4) is 0 Å². The molecule has 1 unspecified atom stereocenters. The zero-order valence-electron chi connectivity index (χ0n) is 15.9. The average molecular weight is 429 g/mol. The molecule has 4 amide bonds. The van der Waals surface area contributed by atoms with Gasteiger partial charge in [0, 0.05) is 4.88 Å². The summed E-state index contributed by atoms with van der Waals surface area (Å²) in [6, 6.07) is 3.40. The molecule has 2 aromatic heterocycles. The lowest BCUT2D eigenvalue weighted by Crippen LogP contribution is -2.41. The molecule has 9 heteroatoms. The van der Waals surface area contributed by atoms with Gasteiger partial charge in [-0.3, -0.25) is 14.5 Å². The summed E-state index contributed by atoms with van der Waals surface area (Å²) in [6.07, 6.45) is 5.01. The number of fused-ring (bicyclic) bond motifs is 1. The van der Waals surface area contributed by atoms with Crippen molar-refractivity contribution in [2.45, 2.75) is 44.6 Å². The number of urea groups is 1. The van der Waals surface area contributed by atoms with Gasteiger partial charge in [0.2, 0.25) is 5.91 Å². The van der Waals surface area contributed by atoms with Crippen LogP contribution in [-0.2, 0) is 28.0 Å². The Morgan fingerprint density at radius 3 is 2.86 bits per heavy atom.